The van der Waals surface area contributed by atoms with Crippen LogP contribution in [0.2, 0.25) is 0 Å². The van der Waals surface area contributed by atoms with Gasteiger partial charge in [-0.1, -0.05) is 85.4 Å². The van der Waals surface area contributed by atoms with Crippen molar-refractivity contribution in [3.05, 3.63) is 107 Å². The van der Waals surface area contributed by atoms with Crippen molar-refractivity contribution in [2.24, 2.45) is 0 Å². The summed E-state index contributed by atoms with van der Waals surface area (Å²) in [5, 5.41) is 2.12. The maximum absolute atomic E-state index is 6.69. The molecule has 3 nitrogen and oxygen atoms in total. The average Bonchev–Trinajstić information content (AvgIpc) is 3.28. The van der Waals surface area contributed by atoms with Crippen molar-refractivity contribution in [1.29, 1.82) is 0 Å². The van der Waals surface area contributed by atoms with E-state index in [2.05, 4.69) is 114 Å². The smallest absolute Gasteiger partial charge is 0.251 e. The Morgan fingerprint density at radius 3 is 2.27 bits per heavy atom. The molecule has 4 heteroatoms. The number of furan rings is 1. The van der Waals surface area contributed by atoms with Crippen LogP contribution in [0.3, 0.4) is 0 Å². The molecule has 2 aromatic heterocycles. The van der Waals surface area contributed by atoms with Crippen molar-refractivity contribution in [2.75, 3.05) is 0 Å². The summed E-state index contributed by atoms with van der Waals surface area (Å²) in [5.41, 5.74) is 12.5. The number of aromatic nitrogens is 1. The molecule has 40 heavy (non-hydrogen) atoms. The van der Waals surface area contributed by atoms with Gasteiger partial charge in [0.1, 0.15) is 22.7 Å². The summed E-state index contributed by atoms with van der Waals surface area (Å²) in [4.78, 5) is 4.74. The number of para-hydroxylation sites is 2. The van der Waals surface area contributed by atoms with E-state index in [-0.39, 0.29) is 12.1 Å². The second kappa shape index (κ2) is 8.86. The van der Waals surface area contributed by atoms with E-state index in [0.717, 1.165) is 50.2 Å². The van der Waals surface area contributed by atoms with Crippen LogP contribution in [-0.4, -0.2) is 11.7 Å². The lowest BCUT2D eigenvalue weighted by Crippen LogP contribution is -2.56. The molecule has 0 aliphatic carbocycles. The Balaban J connectivity index is 1.47. The molecule has 0 unspecified atom stereocenters. The van der Waals surface area contributed by atoms with Gasteiger partial charge in [0.05, 0.1) is 5.69 Å². The average molecular weight is 521 g/mol. The van der Waals surface area contributed by atoms with Gasteiger partial charge in [-0.3, -0.25) is 4.98 Å². The van der Waals surface area contributed by atoms with Crippen LogP contribution in [0.4, 0.5) is 0 Å². The molecular weight excluding hydrogens is 489 g/mol. The van der Waals surface area contributed by atoms with Crippen LogP contribution < -0.4 is 21.1 Å². The lowest BCUT2D eigenvalue weighted by Gasteiger charge is -2.28. The van der Waals surface area contributed by atoms with Crippen molar-refractivity contribution in [3.8, 4) is 22.8 Å². The minimum Gasteiger partial charge on any atom is -0.458 e. The standard InChI is InChI=1S/C36H32BNO2/c1-21-16-22(2)34(23(3)17-21)37-28-12-7-8-13-31(28)39-33-19-27-25-10-9-11-26(35(25)40-32(27)20-29(33)37)30-18-24(14-15-38-30)36(4,5)6/h7-20H,1-6H3. The Morgan fingerprint density at radius 1 is 0.725 bits per heavy atom. The number of fused-ring (bicyclic) bond motifs is 5. The van der Waals surface area contributed by atoms with Gasteiger partial charge in [-0.05, 0) is 79.1 Å². The van der Waals surface area contributed by atoms with Gasteiger partial charge in [0.25, 0.3) is 6.71 Å². The Kier molecular flexibility index (Phi) is 5.47. The van der Waals surface area contributed by atoms with Gasteiger partial charge in [0.15, 0.2) is 0 Å². The summed E-state index contributed by atoms with van der Waals surface area (Å²) in [6.07, 6.45) is 1.90. The molecule has 7 rings (SSSR count). The fourth-order valence-electron chi connectivity index (χ4n) is 6.46. The predicted molar refractivity (Wildman–Crippen MR) is 167 cm³/mol. The zero-order chi connectivity index (χ0) is 27.8. The molecule has 0 atom stereocenters. The van der Waals surface area contributed by atoms with Crippen molar-refractivity contribution in [2.45, 2.75) is 47.0 Å². The molecule has 0 radical (unpaired) electrons. The van der Waals surface area contributed by atoms with Gasteiger partial charge in [-0.2, -0.15) is 0 Å². The monoisotopic (exact) mass is 521 g/mol. The summed E-state index contributed by atoms with van der Waals surface area (Å²) >= 11 is 0. The Labute approximate surface area is 235 Å². The molecule has 1 aliphatic heterocycles. The highest BCUT2D eigenvalue weighted by molar-refractivity contribution is 6.97. The first-order valence-electron chi connectivity index (χ1n) is 14.0. The summed E-state index contributed by atoms with van der Waals surface area (Å²) in [5.74, 6) is 1.80. The van der Waals surface area contributed by atoms with E-state index in [4.69, 9.17) is 14.1 Å². The Morgan fingerprint density at radius 2 is 1.50 bits per heavy atom. The molecule has 0 spiro atoms. The zero-order valence-electron chi connectivity index (χ0n) is 23.9. The summed E-state index contributed by atoms with van der Waals surface area (Å²) in [6, 6.07) is 28.0. The minimum absolute atomic E-state index is 0.0338. The molecule has 0 amide bonds. The number of hydrogen-bond acceptors (Lipinski definition) is 3. The van der Waals surface area contributed by atoms with Gasteiger partial charge in [-0.25, -0.2) is 0 Å². The highest BCUT2D eigenvalue weighted by Gasteiger charge is 2.35. The first kappa shape index (κ1) is 24.7. The highest BCUT2D eigenvalue weighted by Crippen LogP contribution is 2.38. The Hall–Kier alpha value is -4.31. The summed E-state index contributed by atoms with van der Waals surface area (Å²) < 4.78 is 13.3. The van der Waals surface area contributed by atoms with Crippen molar-refractivity contribution in [1.82, 2.24) is 4.98 Å². The van der Waals surface area contributed by atoms with Gasteiger partial charge in [0, 0.05) is 22.5 Å². The van der Waals surface area contributed by atoms with Crippen LogP contribution in [0, 0.1) is 20.8 Å². The molecule has 196 valence electrons. The molecule has 6 aromatic rings. The second-order valence-electron chi connectivity index (χ2n) is 12.2. The summed E-state index contributed by atoms with van der Waals surface area (Å²) in [7, 11) is 0. The fraction of sp³-hybridized carbons (Fsp3) is 0.194. The van der Waals surface area contributed by atoms with Crippen LogP contribution in [0.25, 0.3) is 33.2 Å². The van der Waals surface area contributed by atoms with E-state index in [9.17, 15) is 0 Å². The largest absolute Gasteiger partial charge is 0.458 e. The van der Waals surface area contributed by atoms with Crippen molar-refractivity contribution >= 4 is 45.0 Å². The molecule has 0 N–H and O–H groups in total. The van der Waals surface area contributed by atoms with Crippen LogP contribution in [-0.2, 0) is 5.41 Å². The van der Waals surface area contributed by atoms with Crippen LogP contribution in [0.1, 0.15) is 43.0 Å². The van der Waals surface area contributed by atoms with Crippen LogP contribution >= 0.6 is 0 Å². The van der Waals surface area contributed by atoms with E-state index in [0.29, 0.717) is 0 Å². The number of ether oxygens (including phenoxy) is 1. The van der Waals surface area contributed by atoms with Crippen LogP contribution in [0.5, 0.6) is 11.5 Å². The second-order valence-corrected chi connectivity index (χ2v) is 12.2. The lowest BCUT2D eigenvalue weighted by atomic mass is 9.34. The maximum Gasteiger partial charge on any atom is 0.251 e. The third-order valence-corrected chi connectivity index (χ3v) is 8.32. The normalized spacial score (nSPS) is 12.9. The molecule has 0 saturated carbocycles. The predicted octanol–water partition coefficient (Wildman–Crippen LogP) is 7.49. The Bertz CT molecular complexity index is 1940. The van der Waals surface area contributed by atoms with E-state index < -0.39 is 0 Å². The quantitative estimate of drug-likeness (QED) is 0.221. The fourth-order valence-corrected chi connectivity index (χ4v) is 6.46. The van der Waals surface area contributed by atoms with Crippen molar-refractivity contribution < 1.29 is 9.15 Å². The lowest BCUT2D eigenvalue weighted by molar-refractivity contribution is 0.488. The number of nitrogens with zero attached hydrogens (tertiary/aromatic N) is 1. The zero-order valence-corrected chi connectivity index (χ0v) is 23.9. The van der Waals surface area contributed by atoms with Crippen LogP contribution in [0.15, 0.2) is 89.5 Å². The molecule has 3 heterocycles. The number of hydrogen-bond donors (Lipinski definition) is 0. The maximum atomic E-state index is 6.69. The summed E-state index contributed by atoms with van der Waals surface area (Å²) in [6.45, 7) is 13.3. The van der Waals surface area contributed by atoms with Gasteiger partial charge in [0.2, 0.25) is 0 Å². The van der Waals surface area contributed by atoms with Crippen molar-refractivity contribution in [3.63, 3.8) is 0 Å². The van der Waals surface area contributed by atoms with Gasteiger partial charge >= 0.3 is 0 Å². The number of benzene rings is 4. The van der Waals surface area contributed by atoms with E-state index in [1.807, 2.05) is 12.3 Å². The number of aryl methyl sites for hydroxylation is 3. The molecule has 0 fully saturated rings. The number of rotatable bonds is 2. The topological polar surface area (TPSA) is 35.3 Å². The molecular formula is C36H32BNO2. The highest BCUT2D eigenvalue weighted by atomic mass is 16.5. The molecule has 1 aliphatic rings. The van der Waals surface area contributed by atoms with E-state index in [1.165, 1.54) is 33.2 Å². The first-order chi connectivity index (χ1) is 19.2. The van der Waals surface area contributed by atoms with Gasteiger partial charge in [-0.15, -0.1) is 0 Å². The molecule has 4 aromatic carbocycles. The SMILES string of the molecule is Cc1cc(C)c(B2c3ccccc3Oc3cc4c(cc32)oc2c(-c3cc(C(C)(C)C)ccn3)cccc24)c(C)c1. The van der Waals surface area contributed by atoms with E-state index >= 15 is 0 Å². The third kappa shape index (κ3) is 3.85. The molecule has 0 saturated heterocycles. The van der Waals surface area contributed by atoms with Gasteiger partial charge < -0.3 is 9.15 Å². The first-order valence-corrected chi connectivity index (χ1v) is 14.0. The number of pyridine rings is 1. The minimum atomic E-state index is 0.0338. The molecule has 0 bridgehead atoms. The third-order valence-electron chi connectivity index (χ3n) is 8.32. The van der Waals surface area contributed by atoms with E-state index in [1.54, 1.807) is 0 Å².